The molecule has 0 bridgehead atoms. The van der Waals surface area contributed by atoms with Crippen molar-refractivity contribution in [3.8, 4) is 0 Å². The van der Waals surface area contributed by atoms with E-state index in [0.29, 0.717) is 12.7 Å². The van der Waals surface area contributed by atoms with Crippen LogP contribution in [0.1, 0.15) is 0 Å². The van der Waals surface area contributed by atoms with Crippen LogP contribution in [0.15, 0.2) is 182 Å². The molecule has 6 aromatic rings. The van der Waals surface area contributed by atoms with Crippen LogP contribution in [0.3, 0.4) is 0 Å². The molecule has 0 unspecified atom stereocenters. The molecule has 0 aromatic heterocycles. The van der Waals surface area contributed by atoms with Crippen molar-refractivity contribution in [1.82, 2.24) is 0 Å². The summed E-state index contributed by atoms with van der Waals surface area (Å²) >= 11 is 0.569. The topological polar surface area (TPSA) is 0 Å². The molecule has 0 radical (unpaired) electrons. The van der Waals surface area contributed by atoms with Crippen molar-refractivity contribution in [2.45, 2.75) is 0 Å². The van der Waals surface area contributed by atoms with Gasteiger partial charge in [0.15, 0.2) is 0 Å². The van der Waals surface area contributed by atoms with Crippen LogP contribution in [0.2, 0.25) is 0 Å². The van der Waals surface area contributed by atoms with Gasteiger partial charge in [-0.15, -0.1) is 0 Å². The molecule has 6 aromatic carbocycles. The number of hydrogen-bond donors (Lipinski definition) is 0. The summed E-state index contributed by atoms with van der Waals surface area (Å²) in [5.74, 6) is 0. The molecular weight excluding hydrogens is 624 g/mol. The minimum absolute atomic E-state index is 0.569. The van der Waals surface area contributed by atoms with Gasteiger partial charge in [0.2, 0.25) is 0 Å². The van der Waals surface area contributed by atoms with E-state index in [0.717, 1.165) is 0 Å². The minimum atomic E-state index is -0.877. The van der Waals surface area contributed by atoms with Gasteiger partial charge < -0.3 is 0 Å². The van der Waals surface area contributed by atoms with Crippen molar-refractivity contribution >= 4 is 68.1 Å². The summed E-state index contributed by atoms with van der Waals surface area (Å²) in [4.78, 5) is 0. The standard InChI is InChI=1S/2C18H15P.2ClH.Ni/c2*1-4-10-16(11-5-1)19(17-12-6-2-7-13-17)18-14-8-3-9-15-18;;;/h2*1-15H;2*1H;/q;;;;+2. The fraction of sp³-hybridized carbons (Fsp3) is 0. The first-order chi connectivity index (χ1) is 20.3. The maximum atomic E-state index is 4.70. The predicted octanol–water partition coefficient (Wildman–Crippen LogP) is 7.73. The molecule has 0 spiro atoms. The van der Waals surface area contributed by atoms with E-state index < -0.39 is 15.8 Å². The number of benzene rings is 6. The smallest absolute Gasteiger partial charge is 0.0620 e. The van der Waals surface area contributed by atoms with E-state index >= 15 is 0 Å². The van der Waals surface area contributed by atoms with Gasteiger partial charge in [-0.2, -0.15) is 0 Å². The third-order valence-corrected chi connectivity index (χ3v) is 11.8. The molecule has 0 amide bonds. The summed E-state index contributed by atoms with van der Waals surface area (Å²) in [7, 11) is 7.65. The molecule has 0 heterocycles. The van der Waals surface area contributed by atoms with Crippen LogP contribution < -0.4 is 31.8 Å². The quantitative estimate of drug-likeness (QED) is 0.127. The third kappa shape index (κ3) is 9.65. The van der Waals surface area contributed by atoms with Crippen molar-refractivity contribution in [3.63, 3.8) is 0 Å². The van der Waals surface area contributed by atoms with Gasteiger partial charge in [-0.1, -0.05) is 109 Å². The average Bonchev–Trinajstić information content (AvgIpc) is 3.05. The first-order valence-electron chi connectivity index (χ1n) is 13.2. The molecule has 0 N–H and O–H groups in total. The van der Waals surface area contributed by atoms with Crippen LogP contribution in [0, 0.1) is 0 Å². The van der Waals surface area contributed by atoms with Gasteiger partial charge >= 0.3 is 33.0 Å². The number of halogens is 2. The normalized spacial score (nSPS) is 10.3. The van der Waals surface area contributed by atoms with E-state index in [1.165, 1.54) is 31.8 Å². The molecule has 0 aliphatic rings. The van der Waals surface area contributed by atoms with Crippen molar-refractivity contribution in [2.24, 2.45) is 0 Å². The van der Waals surface area contributed by atoms with E-state index in [4.69, 9.17) is 20.4 Å². The Bertz CT molecular complexity index is 1200. The zero-order valence-electron chi connectivity index (χ0n) is 22.4. The molecule has 0 fully saturated rings. The van der Waals surface area contributed by atoms with Crippen molar-refractivity contribution < 1.29 is 12.7 Å². The summed E-state index contributed by atoms with van der Waals surface area (Å²) in [6.45, 7) is 0. The van der Waals surface area contributed by atoms with Crippen LogP contribution in [-0.2, 0) is 12.7 Å². The van der Waals surface area contributed by atoms with Crippen LogP contribution in [0.5, 0.6) is 0 Å². The fourth-order valence-corrected chi connectivity index (χ4v) is 9.78. The largest absolute Gasteiger partial charge is 0.102 e. The van der Waals surface area contributed by atoms with Crippen molar-refractivity contribution in [1.29, 1.82) is 0 Å². The molecule has 6 rings (SSSR count). The van der Waals surface area contributed by atoms with Gasteiger partial charge in [0, 0.05) is 0 Å². The third-order valence-electron chi connectivity index (χ3n) is 6.37. The summed E-state index contributed by atoms with van der Waals surface area (Å²) in [6, 6.07) is 65.0. The van der Waals surface area contributed by atoms with Gasteiger partial charge in [-0.3, -0.25) is 0 Å². The van der Waals surface area contributed by atoms with Crippen molar-refractivity contribution in [2.75, 3.05) is 0 Å². The Morgan fingerprint density at radius 1 is 0.268 bits per heavy atom. The molecule has 0 saturated heterocycles. The van der Waals surface area contributed by atoms with Crippen LogP contribution in [0.25, 0.3) is 0 Å². The summed E-state index contributed by atoms with van der Waals surface area (Å²) < 4.78 is 0. The Morgan fingerprint density at radius 3 is 0.512 bits per heavy atom. The van der Waals surface area contributed by atoms with Gasteiger partial charge in [-0.25, -0.2) is 0 Å². The van der Waals surface area contributed by atoms with E-state index in [1.807, 2.05) is 0 Å². The molecule has 0 atom stereocenters. The zero-order valence-corrected chi connectivity index (χ0v) is 26.9. The number of hydrogen-bond acceptors (Lipinski definition) is 0. The molecule has 208 valence electrons. The molecule has 0 nitrogen and oxygen atoms in total. The van der Waals surface area contributed by atoms with E-state index in [1.54, 1.807) is 0 Å². The van der Waals surface area contributed by atoms with Gasteiger partial charge in [-0.05, 0) is 72.8 Å². The Balaban J connectivity index is 0.000000173. The fourth-order valence-electron chi connectivity index (χ4n) is 4.63. The molecule has 0 aliphatic heterocycles. The first-order valence-corrected chi connectivity index (χ1v) is 18.9. The summed E-state index contributed by atoms with van der Waals surface area (Å²) in [5.41, 5.74) is 0. The van der Waals surface area contributed by atoms with Crippen LogP contribution in [0.4, 0.5) is 0 Å². The molecule has 0 aliphatic carbocycles. The molecule has 41 heavy (non-hydrogen) atoms. The second kappa shape index (κ2) is 17.9. The predicted molar refractivity (Wildman–Crippen MR) is 185 cm³/mol. The van der Waals surface area contributed by atoms with Gasteiger partial charge in [0.25, 0.3) is 0 Å². The summed E-state index contributed by atoms with van der Waals surface area (Å²) in [6.07, 6.45) is 0. The zero-order chi connectivity index (χ0) is 28.5. The Morgan fingerprint density at radius 2 is 0.390 bits per heavy atom. The Labute approximate surface area is 261 Å². The summed E-state index contributed by atoms with van der Waals surface area (Å²) in [5, 5.41) is 8.61. The van der Waals surface area contributed by atoms with E-state index in [9.17, 15) is 0 Å². The maximum absolute atomic E-state index is 4.70. The monoisotopic (exact) mass is 654 g/mol. The van der Waals surface area contributed by atoms with E-state index in [-0.39, 0.29) is 0 Å². The Kier molecular flexibility index (Phi) is 13.6. The van der Waals surface area contributed by atoms with Crippen LogP contribution >= 0.6 is 36.2 Å². The molecular formula is C36H32Cl2NiP2+2. The minimum Gasteiger partial charge on any atom is -0.0620 e. The second-order valence-electron chi connectivity index (χ2n) is 8.99. The van der Waals surface area contributed by atoms with Gasteiger partial charge in [0.05, 0.1) is 15.8 Å². The second-order valence-corrected chi connectivity index (χ2v) is 15.6. The average molecular weight is 656 g/mol. The van der Waals surface area contributed by atoms with Crippen molar-refractivity contribution in [3.05, 3.63) is 182 Å². The Hall–Kier alpha value is -2.75. The number of rotatable bonds is 6. The van der Waals surface area contributed by atoms with E-state index in [2.05, 4.69) is 182 Å². The molecule has 0 saturated carbocycles. The first kappa shape index (κ1) is 31.2. The SMILES string of the molecule is [Cl][Ni][Cl].c1ccc([PH+](c2ccccc2)c2ccccc2)cc1.c1ccc([PH+](c2ccccc2)c2ccccc2)cc1. The van der Waals surface area contributed by atoms with Gasteiger partial charge in [0.1, 0.15) is 31.8 Å². The van der Waals surface area contributed by atoms with Crippen LogP contribution in [-0.4, -0.2) is 0 Å². The molecule has 5 heteroatoms. The maximum Gasteiger partial charge on any atom is 0.102 e.